The molecule has 17 heavy (non-hydrogen) atoms. The van der Waals surface area contributed by atoms with Crippen LogP contribution in [0, 0.1) is 11.3 Å². The lowest BCUT2D eigenvalue weighted by atomic mass is 9.70. The van der Waals surface area contributed by atoms with E-state index < -0.39 is 11.2 Å². The van der Waals surface area contributed by atoms with E-state index >= 15 is 0 Å². The van der Waals surface area contributed by atoms with Crippen molar-refractivity contribution < 1.29 is 10.2 Å². The van der Waals surface area contributed by atoms with Crippen molar-refractivity contribution in [3.63, 3.8) is 0 Å². The van der Waals surface area contributed by atoms with E-state index in [0.29, 0.717) is 0 Å². The Morgan fingerprint density at radius 3 is 2.00 bits per heavy atom. The largest absolute Gasteiger partial charge is 0.390 e. The Labute approximate surface area is 105 Å². The minimum absolute atomic E-state index is 0.0112. The molecule has 0 saturated heterocycles. The summed E-state index contributed by atoms with van der Waals surface area (Å²) in [6.45, 7) is 6.27. The molecule has 2 aliphatic rings. The third kappa shape index (κ3) is 2.39. The lowest BCUT2D eigenvalue weighted by Gasteiger charge is -2.42. The second-order valence-corrected chi connectivity index (χ2v) is 7.26. The molecule has 0 amide bonds. The van der Waals surface area contributed by atoms with Gasteiger partial charge in [-0.2, -0.15) is 0 Å². The van der Waals surface area contributed by atoms with Crippen LogP contribution in [0.4, 0.5) is 0 Å². The molecule has 2 nitrogen and oxygen atoms in total. The Hall–Kier alpha value is -0.0800. The van der Waals surface area contributed by atoms with Crippen molar-refractivity contribution in [2.75, 3.05) is 0 Å². The van der Waals surface area contributed by atoms with E-state index in [9.17, 15) is 10.2 Å². The molecule has 0 aromatic rings. The molecule has 0 spiro atoms. The molecule has 2 heteroatoms. The van der Waals surface area contributed by atoms with Crippen LogP contribution < -0.4 is 0 Å². The summed E-state index contributed by atoms with van der Waals surface area (Å²) < 4.78 is 0. The van der Waals surface area contributed by atoms with E-state index in [1.807, 2.05) is 6.92 Å². The van der Waals surface area contributed by atoms with Crippen LogP contribution in [-0.2, 0) is 0 Å². The van der Waals surface area contributed by atoms with Crippen molar-refractivity contribution in [2.24, 2.45) is 11.3 Å². The van der Waals surface area contributed by atoms with Crippen molar-refractivity contribution in [3.8, 4) is 0 Å². The van der Waals surface area contributed by atoms with Gasteiger partial charge >= 0.3 is 0 Å². The van der Waals surface area contributed by atoms with E-state index in [2.05, 4.69) is 13.8 Å². The fraction of sp³-hybridized carbons (Fsp3) is 1.00. The standard InChI is InChI=1S/C15H28O2/c1-13(2)10-7-12(14(13,3)16)11-15(17)8-5-4-6-9-15/h12,16-17H,4-11H2,1-3H3. The zero-order chi connectivity index (χ0) is 12.7. The van der Waals surface area contributed by atoms with Gasteiger partial charge < -0.3 is 10.2 Å². The first kappa shape index (κ1) is 13.4. The van der Waals surface area contributed by atoms with Gasteiger partial charge in [0.05, 0.1) is 11.2 Å². The molecule has 2 N–H and O–H groups in total. The van der Waals surface area contributed by atoms with Crippen LogP contribution >= 0.6 is 0 Å². The molecular weight excluding hydrogens is 212 g/mol. The van der Waals surface area contributed by atoms with E-state index in [1.165, 1.54) is 6.42 Å². The van der Waals surface area contributed by atoms with Crippen molar-refractivity contribution in [1.82, 2.24) is 0 Å². The maximum Gasteiger partial charge on any atom is 0.0699 e. The van der Waals surface area contributed by atoms with Gasteiger partial charge in [-0.15, -0.1) is 0 Å². The number of aliphatic hydroxyl groups is 2. The SMILES string of the molecule is CC1(C)CCC(CC2(O)CCCCC2)C1(C)O. The molecule has 0 aliphatic heterocycles. The highest BCUT2D eigenvalue weighted by Gasteiger charge is 2.52. The second-order valence-electron chi connectivity index (χ2n) is 7.26. The summed E-state index contributed by atoms with van der Waals surface area (Å²) in [5.74, 6) is 0.264. The van der Waals surface area contributed by atoms with Crippen LogP contribution in [0.15, 0.2) is 0 Å². The van der Waals surface area contributed by atoms with Gasteiger partial charge in [0, 0.05) is 0 Å². The summed E-state index contributed by atoms with van der Waals surface area (Å²) in [5, 5.41) is 21.3. The summed E-state index contributed by atoms with van der Waals surface area (Å²) in [5.41, 5.74) is -1.13. The molecule has 2 fully saturated rings. The molecule has 2 saturated carbocycles. The van der Waals surface area contributed by atoms with Crippen LogP contribution in [0.3, 0.4) is 0 Å². The van der Waals surface area contributed by atoms with E-state index in [1.54, 1.807) is 0 Å². The smallest absolute Gasteiger partial charge is 0.0699 e. The zero-order valence-corrected chi connectivity index (χ0v) is 11.6. The van der Waals surface area contributed by atoms with Crippen molar-refractivity contribution >= 4 is 0 Å². The van der Waals surface area contributed by atoms with Crippen molar-refractivity contribution in [1.29, 1.82) is 0 Å². The summed E-state index contributed by atoms with van der Waals surface area (Å²) >= 11 is 0. The summed E-state index contributed by atoms with van der Waals surface area (Å²) in [6, 6.07) is 0. The number of hydrogen-bond donors (Lipinski definition) is 2. The van der Waals surface area contributed by atoms with Gasteiger partial charge in [0.1, 0.15) is 0 Å². The minimum atomic E-state index is -0.625. The fourth-order valence-corrected chi connectivity index (χ4v) is 3.80. The van der Waals surface area contributed by atoms with Gasteiger partial charge in [-0.05, 0) is 50.4 Å². The Morgan fingerprint density at radius 2 is 1.53 bits per heavy atom. The first-order chi connectivity index (χ1) is 7.77. The maximum atomic E-state index is 10.7. The molecule has 0 heterocycles. The monoisotopic (exact) mass is 240 g/mol. The average Bonchev–Trinajstić information content (AvgIpc) is 2.42. The highest BCUT2D eigenvalue weighted by Crippen LogP contribution is 2.52. The lowest BCUT2D eigenvalue weighted by Crippen LogP contribution is -2.45. The van der Waals surface area contributed by atoms with Gasteiger partial charge in [0.2, 0.25) is 0 Å². The van der Waals surface area contributed by atoms with Crippen molar-refractivity contribution in [3.05, 3.63) is 0 Å². The molecule has 0 aromatic carbocycles. The van der Waals surface area contributed by atoms with E-state index in [0.717, 1.165) is 44.9 Å². The highest BCUT2D eigenvalue weighted by molar-refractivity contribution is 5.03. The predicted octanol–water partition coefficient (Wildman–Crippen LogP) is 3.26. The maximum absolute atomic E-state index is 10.7. The third-order valence-corrected chi connectivity index (χ3v) is 5.69. The van der Waals surface area contributed by atoms with Crippen LogP contribution in [0.5, 0.6) is 0 Å². The lowest BCUT2D eigenvalue weighted by molar-refractivity contribution is -0.0943. The summed E-state index contributed by atoms with van der Waals surface area (Å²) in [4.78, 5) is 0. The average molecular weight is 240 g/mol. The first-order valence-electron chi connectivity index (χ1n) is 7.22. The van der Waals surface area contributed by atoms with Crippen LogP contribution in [-0.4, -0.2) is 21.4 Å². The van der Waals surface area contributed by atoms with Gasteiger partial charge in [-0.25, -0.2) is 0 Å². The second kappa shape index (κ2) is 4.24. The van der Waals surface area contributed by atoms with Gasteiger partial charge in [-0.1, -0.05) is 33.1 Å². The number of hydrogen-bond acceptors (Lipinski definition) is 2. The van der Waals surface area contributed by atoms with E-state index in [4.69, 9.17) is 0 Å². The molecule has 0 bridgehead atoms. The van der Waals surface area contributed by atoms with Gasteiger partial charge in [0.25, 0.3) is 0 Å². The normalized spacial score (nSPS) is 40.4. The molecule has 0 aromatic heterocycles. The topological polar surface area (TPSA) is 40.5 Å². The van der Waals surface area contributed by atoms with E-state index in [-0.39, 0.29) is 11.3 Å². The van der Waals surface area contributed by atoms with Crippen molar-refractivity contribution in [2.45, 2.75) is 83.3 Å². The Morgan fingerprint density at radius 1 is 0.941 bits per heavy atom. The van der Waals surface area contributed by atoms with Crippen LogP contribution in [0.1, 0.15) is 72.1 Å². The molecule has 100 valence electrons. The van der Waals surface area contributed by atoms with Gasteiger partial charge in [-0.3, -0.25) is 0 Å². The highest BCUT2D eigenvalue weighted by atomic mass is 16.3. The zero-order valence-electron chi connectivity index (χ0n) is 11.6. The predicted molar refractivity (Wildman–Crippen MR) is 69.8 cm³/mol. The Bertz CT molecular complexity index is 275. The first-order valence-corrected chi connectivity index (χ1v) is 7.22. The minimum Gasteiger partial charge on any atom is -0.390 e. The molecule has 2 unspecified atom stereocenters. The molecule has 2 rings (SSSR count). The third-order valence-electron chi connectivity index (χ3n) is 5.69. The summed E-state index contributed by atoms with van der Waals surface area (Å²) in [6.07, 6.45) is 8.34. The molecule has 2 atom stereocenters. The quantitative estimate of drug-likeness (QED) is 0.778. The summed E-state index contributed by atoms with van der Waals surface area (Å²) in [7, 11) is 0. The van der Waals surface area contributed by atoms with Gasteiger partial charge in [0.15, 0.2) is 0 Å². The molecule has 0 radical (unpaired) electrons. The Kier molecular flexibility index (Phi) is 3.33. The fourth-order valence-electron chi connectivity index (χ4n) is 3.80. The molecule has 2 aliphatic carbocycles. The number of rotatable bonds is 2. The van der Waals surface area contributed by atoms with Crippen LogP contribution in [0.25, 0.3) is 0 Å². The molecular formula is C15H28O2. The van der Waals surface area contributed by atoms with Crippen LogP contribution in [0.2, 0.25) is 0 Å². The Balaban J connectivity index is 2.04.